The Bertz CT molecular complexity index is 3240. The van der Waals surface area contributed by atoms with Gasteiger partial charge in [0.05, 0.1) is 45.6 Å². The predicted octanol–water partition coefficient (Wildman–Crippen LogP) is 13.4. The van der Waals surface area contributed by atoms with E-state index >= 15 is 0 Å². The van der Waals surface area contributed by atoms with Gasteiger partial charge in [0.2, 0.25) is 0 Å². The number of aromatic nitrogens is 3. The van der Waals surface area contributed by atoms with E-state index in [9.17, 15) is 5.26 Å². The molecule has 0 atom stereocenters. The highest BCUT2D eigenvalue weighted by Gasteiger charge is 2.20. The van der Waals surface area contributed by atoms with Crippen LogP contribution in [0.1, 0.15) is 27.8 Å². The summed E-state index contributed by atoms with van der Waals surface area (Å²) < 4.78 is 4.64. The lowest BCUT2D eigenvalue weighted by atomic mass is 9.97. The molecule has 0 aliphatic rings. The molecule has 7 aromatic carbocycles. The Morgan fingerprint density at radius 3 is 1.50 bits per heavy atom. The van der Waals surface area contributed by atoms with Gasteiger partial charge < -0.3 is 4.57 Å². The molecule has 0 spiro atoms. The zero-order valence-electron chi connectivity index (χ0n) is 31.8. The third-order valence-electron chi connectivity index (χ3n) is 11.4. The van der Waals surface area contributed by atoms with Crippen LogP contribution in [0.4, 0.5) is 0 Å². The highest BCUT2D eigenvalue weighted by molar-refractivity contribution is 6.12. The van der Waals surface area contributed by atoms with E-state index in [0.29, 0.717) is 5.56 Å². The Morgan fingerprint density at radius 2 is 0.946 bits per heavy atom. The first kappa shape index (κ1) is 33.4. The van der Waals surface area contributed by atoms with Crippen molar-refractivity contribution in [2.45, 2.75) is 27.7 Å². The van der Waals surface area contributed by atoms with Gasteiger partial charge in [-0.05, 0) is 121 Å². The fraction of sp³-hybridized carbons (Fsp3) is 0.0769. The summed E-state index contributed by atoms with van der Waals surface area (Å²) in [4.78, 5) is 5.29. The van der Waals surface area contributed by atoms with Crippen molar-refractivity contribution in [2.75, 3.05) is 0 Å². The van der Waals surface area contributed by atoms with Gasteiger partial charge in [-0.2, -0.15) is 5.26 Å². The van der Waals surface area contributed by atoms with Gasteiger partial charge >= 0.3 is 0 Å². The number of hydrogen-bond donors (Lipinski definition) is 0. The highest BCUT2D eigenvalue weighted by Crippen LogP contribution is 2.41. The fourth-order valence-electron chi connectivity index (χ4n) is 8.76. The van der Waals surface area contributed by atoms with Gasteiger partial charge in [-0.25, -0.2) is 4.98 Å². The van der Waals surface area contributed by atoms with Crippen molar-refractivity contribution < 1.29 is 0 Å². The first-order chi connectivity index (χ1) is 27.4. The number of rotatable bonds is 5. The SMILES string of the molecule is Cc1ccc(-c2ccc3c(c2)c2ccccc2n3-c2cc(-c3ccc(C#N)cc3)c(-n3c4ccccc4c4cc(-c5ccc(C)cc5C)ccc43)cn2)c(C)c1. The van der Waals surface area contributed by atoms with Crippen molar-refractivity contribution in [2.24, 2.45) is 0 Å². The second kappa shape index (κ2) is 13.0. The Balaban J connectivity index is 1.21. The molecule has 0 unspecified atom stereocenters. The van der Waals surface area contributed by atoms with Crippen molar-refractivity contribution in [3.8, 4) is 51.0 Å². The van der Waals surface area contributed by atoms with Gasteiger partial charge in [0.15, 0.2) is 0 Å². The van der Waals surface area contributed by atoms with Crippen LogP contribution >= 0.6 is 0 Å². The second-order valence-corrected chi connectivity index (χ2v) is 15.1. The molecule has 56 heavy (non-hydrogen) atoms. The molecule has 0 fully saturated rings. The minimum absolute atomic E-state index is 0.627. The molecule has 3 aromatic heterocycles. The van der Waals surface area contributed by atoms with Gasteiger partial charge in [-0.1, -0.05) is 108 Å². The quantitative estimate of drug-likeness (QED) is 0.178. The molecule has 10 aromatic rings. The normalized spacial score (nSPS) is 11.6. The number of para-hydroxylation sites is 2. The molecule has 266 valence electrons. The van der Waals surface area contributed by atoms with E-state index in [1.54, 1.807) is 0 Å². The van der Waals surface area contributed by atoms with Crippen LogP contribution in [-0.4, -0.2) is 14.1 Å². The zero-order valence-corrected chi connectivity index (χ0v) is 31.8. The number of nitriles is 1. The van der Waals surface area contributed by atoms with Crippen molar-refractivity contribution in [1.82, 2.24) is 14.1 Å². The fourth-order valence-corrected chi connectivity index (χ4v) is 8.76. The van der Waals surface area contributed by atoms with Crippen LogP contribution in [0.2, 0.25) is 0 Å². The van der Waals surface area contributed by atoms with Gasteiger partial charge in [0, 0.05) is 27.1 Å². The van der Waals surface area contributed by atoms with Crippen LogP contribution in [0.15, 0.2) is 158 Å². The lowest BCUT2D eigenvalue weighted by molar-refractivity contribution is 1.06. The van der Waals surface area contributed by atoms with E-state index < -0.39 is 0 Å². The summed E-state index contributed by atoms with van der Waals surface area (Å²) >= 11 is 0. The van der Waals surface area contributed by atoms with E-state index in [2.05, 4.69) is 182 Å². The molecule has 10 rings (SSSR count). The Kier molecular flexibility index (Phi) is 7.73. The Morgan fingerprint density at radius 1 is 0.446 bits per heavy atom. The summed E-state index contributed by atoms with van der Waals surface area (Å²) in [6.45, 7) is 8.66. The Labute approximate surface area is 326 Å². The first-order valence-electron chi connectivity index (χ1n) is 19.1. The Hall–Kier alpha value is -7.22. The summed E-state index contributed by atoms with van der Waals surface area (Å²) in [5.74, 6) is 0.830. The van der Waals surface area contributed by atoms with Gasteiger partial charge in [-0.15, -0.1) is 0 Å². The predicted molar refractivity (Wildman–Crippen MR) is 233 cm³/mol. The summed E-state index contributed by atoms with van der Waals surface area (Å²) in [5.41, 5.74) is 18.0. The summed E-state index contributed by atoms with van der Waals surface area (Å²) in [5, 5.41) is 14.4. The minimum Gasteiger partial charge on any atom is -0.307 e. The van der Waals surface area contributed by atoms with Crippen LogP contribution < -0.4 is 0 Å². The molecule has 0 saturated heterocycles. The molecular formula is C52H38N4. The summed E-state index contributed by atoms with van der Waals surface area (Å²) in [6, 6.07) is 56.6. The number of hydrogen-bond acceptors (Lipinski definition) is 2. The van der Waals surface area contributed by atoms with E-state index in [1.165, 1.54) is 66.1 Å². The molecule has 4 heteroatoms. The average molecular weight is 719 g/mol. The van der Waals surface area contributed by atoms with Gasteiger partial charge in [0.1, 0.15) is 5.82 Å². The lowest BCUT2D eigenvalue weighted by Gasteiger charge is -2.17. The third kappa shape index (κ3) is 5.32. The molecule has 4 nitrogen and oxygen atoms in total. The van der Waals surface area contributed by atoms with E-state index in [1.807, 2.05) is 18.3 Å². The molecule has 0 aliphatic heterocycles. The number of fused-ring (bicyclic) bond motifs is 6. The van der Waals surface area contributed by atoms with E-state index in [0.717, 1.165) is 44.7 Å². The maximum absolute atomic E-state index is 9.70. The molecule has 0 aliphatic carbocycles. The summed E-state index contributed by atoms with van der Waals surface area (Å²) in [6.07, 6.45) is 2.03. The zero-order chi connectivity index (χ0) is 38.1. The van der Waals surface area contributed by atoms with Crippen LogP contribution in [0.5, 0.6) is 0 Å². The second-order valence-electron chi connectivity index (χ2n) is 15.1. The maximum atomic E-state index is 9.70. The molecule has 0 bridgehead atoms. The molecule has 0 saturated carbocycles. The van der Waals surface area contributed by atoms with Crippen LogP contribution in [0.25, 0.3) is 88.5 Å². The lowest BCUT2D eigenvalue weighted by Crippen LogP contribution is -2.03. The minimum atomic E-state index is 0.627. The number of aryl methyl sites for hydroxylation is 4. The largest absolute Gasteiger partial charge is 0.307 e. The number of nitrogens with zero attached hydrogens (tertiary/aromatic N) is 4. The van der Waals surface area contributed by atoms with Gasteiger partial charge in [0.25, 0.3) is 0 Å². The van der Waals surface area contributed by atoms with Crippen LogP contribution in [0.3, 0.4) is 0 Å². The molecule has 0 amide bonds. The maximum Gasteiger partial charge on any atom is 0.138 e. The molecule has 3 heterocycles. The molecule has 0 radical (unpaired) electrons. The van der Waals surface area contributed by atoms with Crippen LogP contribution in [0, 0.1) is 39.0 Å². The first-order valence-corrected chi connectivity index (χ1v) is 19.1. The molecule has 0 N–H and O–H groups in total. The molecular weight excluding hydrogens is 681 g/mol. The van der Waals surface area contributed by atoms with Crippen LogP contribution in [-0.2, 0) is 0 Å². The van der Waals surface area contributed by atoms with Crippen molar-refractivity contribution >= 4 is 43.6 Å². The highest BCUT2D eigenvalue weighted by atomic mass is 15.1. The average Bonchev–Trinajstić information content (AvgIpc) is 3.73. The standard InChI is InChI=1S/C52H38N4/c1-32-13-21-40(34(3)25-32)38-19-23-49-45(27-38)42-9-5-7-11-47(42)55(49)51-31-54-52(29-44(51)37-17-15-36(30-53)16-18-37)56-48-12-8-6-10-43(48)46-28-39(20-24-50(46)56)41-22-14-33(2)26-35(41)4/h5-29,31H,1-4H3. The number of benzene rings is 7. The van der Waals surface area contributed by atoms with Crippen molar-refractivity contribution in [3.63, 3.8) is 0 Å². The van der Waals surface area contributed by atoms with Crippen molar-refractivity contribution in [1.29, 1.82) is 5.26 Å². The monoisotopic (exact) mass is 718 g/mol. The van der Waals surface area contributed by atoms with E-state index in [4.69, 9.17) is 4.98 Å². The van der Waals surface area contributed by atoms with E-state index in [-0.39, 0.29) is 0 Å². The number of pyridine rings is 1. The smallest absolute Gasteiger partial charge is 0.138 e. The topological polar surface area (TPSA) is 46.5 Å². The summed E-state index contributed by atoms with van der Waals surface area (Å²) in [7, 11) is 0. The van der Waals surface area contributed by atoms with Gasteiger partial charge in [-0.3, -0.25) is 4.57 Å². The van der Waals surface area contributed by atoms with Crippen molar-refractivity contribution in [3.05, 3.63) is 186 Å². The third-order valence-corrected chi connectivity index (χ3v) is 11.4.